The number of nitriles is 1. The predicted octanol–water partition coefficient (Wildman–Crippen LogP) is 4.87. The van der Waals surface area contributed by atoms with Crippen molar-refractivity contribution >= 4 is 35.1 Å². The maximum atomic E-state index is 13.5. The first-order chi connectivity index (χ1) is 23.1. The lowest BCUT2D eigenvalue weighted by molar-refractivity contribution is -0.137. The first-order valence-corrected chi connectivity index (χ1v) is 15.1. The van der Waals surface area contributed by atoms with Crippen molar-refractivity contribution in [3.63, 3.8) is 0 Å². The number of carbonyl (C=O) groups is 4. The van der Waals surface area contributed by atoms with E-state index in [2.05, 4.69) is 10.6 Å². The summed E-state index contributed by atoms with van der Waals surface area (Å²) in [5, 5.41) is 24.1. The second kappa shape index (κ2) is 14.9. The van der Waals surface area contributed by atoms with Crippen LogP contribution in [0.3, 0.4) is 0 Å². The molecule has 0 saturated carbocycles. The van der Waals surface area contributed by atoms with Crippen LogP contribution in [0.2, 0.25) is 0 Å². The van der Waals surface area contributed by atoms with E-state index in [1.807, 2.05) is 11.0 Å². The number of hydrogen-bond donors (Lipinski definition) is 3. The molecule has 0 aromatic heterocycles. The van der Waals surface area contributed by atoms with E-state index in [0.29, 0.717) is 65.6 Å². The number of nitrogens with zero attached hydrogens (tertiary/aromatic N) is 3. The molecule has 1 saturated heterocycles. The summed E-state index contributed by atoms with van der Waals surface area (Å²) in [6, 6.07) is 24.1. The molecule has 11 nitrogen and oxygen atoms in total. The van der Waals surface area contributed by atoms with Gasteiger partial charge in [-0.05, 0) is 78.4 Å². The van der Waals surface area contributed by atoms with Crippen molar-refractivity contribution < 1.29 is 33.4 Å². The zero-order valence-electron chi connectivity index (χ0n) is 26.0. The van der Waals surface area contributed by atoms with E-state index in [1.54, 1.807) is 65.6 Å². The van der Waals surface area contributed by atoms with Crippen molar-refractivity contribution in [2.24, 2.45) is 0 Å². The summed E-state index contributed by atoms with van der Waals surface area (Å²) >= 11 is 0. The molecule has 1 unspecified atom stereocenters. The number of hydrogen-bond acceptors (Lipinski definition) is 7. The Bertz CT molecular complexity index is 1870. The number of piperazine rings is 1. The van der Waals surface area contributed by atoms with Crippen LogP contribution in [0.5, 0.6) is 5.75 Å². The molecular weight excluding hydrogens is 617 g/mol. The molecule has 244 valence electrons. The van der Waals surface area contributed by atoms with E-state index in [0.717, 1.165) is 0 Å². The van der Waals surface area contributed by atoms with Gasteiger partial charge in [0.15, 0.2) is 0 Å². The van der Waals surface area contributed by atoms with Crippen LogP contribution in [0.4, 0.5) is 15.8 Å². The zero-order valence-corrected chi connectivity index (χ0v) is 26.0. The molecule has 1 aliphatic rings. The Hall–Kier alpha value is -6.22. The minimum absolute atomic E-state index is 0.158. The Kier molecular flexibility index (Phi) is 10.3. The maximum absolute atomic E-state index is 13.5. The molecular formula is C36H32FN5O6. The molecule has 0 radical (unpaired) electrons. The molecule has 3 amide bonds. The summed E-state index contributed by atoms with van der Waals surface area (Å²) in [5.41, 5.74) is 2.80. The lowest BCUT2D eigenvalue weighted by Crippen LogP contribution is -2.49. The Morgan fingerprint density at radius 1 is 0.875 bits per heavy atom. The summed E-state index contributed by atoms with van der Waals surface area (Å²) < 4.78 is 18.8. The number of carbonyl (C=O) groups excluding carboxylic acids is 3. The summed E-state index contributed by atoms with van der Waals surface area (Å²) in [4.78, 5) is 55.3. The van der Waals surface area contributed by atoms with Gasteiger partial charge < -0.3 is 30.3 Å². The van der Waals surface area contributed by atoms with Gasteiger partial charge in [-0.25, -0.2) is 4.39 Å². The van der Waals surface area contributed by atoms with Gasteiger partial charge in [0.2, 0.25) is 0 Å². The third kappa shape index (κ3) is 7.94. The van der Waals surface area contributed by atoms with Gasteiger partial charge in [0.05, 0.1) is 42.6 Å². The summed E-state index contributed by atoms with van der Waals surface area (Å²) in [6.07, 6.45) is -0.430. The van der Waals surface area contributed by atoms with Crippen LogP contribution in [0.1, 0.15) is 54.7 Å². The van der Waals surface area contributed by atoms with Crippen LogP contribution in [-0.4, -0.2) is 67.0 Å². The van der Waals surface area contributed by atoms with Crippen LogP contribution >= 0.6 is 0 Å². The molecule has 5 rings (SSSR count). The molecule has 0 spiro atoms. The molecule has 3 N–H and O–H groups in total. The molecule has 12 heteroatoms. The van der Waals surface area contributed by atoms with Crippen molar-refractivity contribution in [3.8, 4) is 11.8 Å². The van der Waals surface area contributed by atoms with Crippen LogP contribution in [0, 0.1) is 17.1 Å². The van der Waals surface area contributed by atoms with Crippen molar-refractivity contribution in [1.29, 1.82) is 5.26 Å². The monoisotopic (exact) mass is 649 g/mol. The Morgan fingerprint density at radius 2 is 1.54 bits per heavy atom. The van der Waals surface area contributed by atoms with E-state index < -0.39 is 36.1 Å². The SMILES string of the molecule is COc1cccc(C(=O)Nc2cc(C(=O)NC(CC(=O)O)c3ccc(F)cc3)ccc2N2CCN(C(=O)c3ccc(C#N)cc3)CC2)c1. The second-order valence-corrected chi connectivity index (χ2v) is 11.1. The lowest BCUT2D eigenvalue weighted by Gasteiger charge is -2.37. The summed E-state index contributed by atoms with van der Waals surface area (Å²) in [5.74, 6) is -2.35. The standard InChI is InChI=1S/C36H32FN5O6/c1-48-29-4-2-3-26(19-29)34(45)40-31-20-27(35(46)39-30(21-33(43)44)24-9-12-28(37)13-10-24)11-14-32(31)41-15-17-42(18-16-41)36(47)25-7-5-23(22-38)6-8-25/h2-14,19-20,30H,15-18,21H2,1H3,(H,39,46)(H,40,45)(H,43,44). The normalized spacial score (nSPS) is 13.2. The number of halogens is 1. The van der Waals surface area contributed by atoms with Gasteiger partial charge in [0.25, 0.3) is 17.7 Å². The minimum Gasteiger partial charge on any atom is -0.497 e. The van der Waals surface area contributed by atoms with Gasteiger partial charge in [-0.2, -0.15) is 5.26 Å². The van der Waals surface area contributed by atoms with Crippen LogP contribution in [0.15, 0.2) is 91.0 Å². The number of benzene rings is 4. The zero-order chi connectivity index (χ0) is 34.2. The van der Waals surface area contributed by atoms with E-state index >= 15 is 0 Å². The fraction of sp³-hybridized carbons (Fsp3) is 0.194. The van der Waals surface area contributed by atoms with Crippen LogP contribution in [0.25, 0.3) is 0 Å². The van der Waals surface area contributed by atoms with Crippen molar-refractivity contribution in [1.82, 2.24) is 10.2 Å². The van der Waals surface area contributed by atoms with E-state index in [1.165, 1.54) is 37.4 Å². The third-order valence-corrected chi connectivity index (χ3v) is 7.96. The molecule has 4 aromatic carbocycles. The molecule has 1 fully saturated rings. The highest BCUT2D eigenvalue weighted by Crippen LogP contribution is 2.30. The first kappa shape index (κ1) is 33.2. The molecule has 48 heavy (non-hydrogen) atoms. The van der Waals surface area contributed by atoms with E-state index in [9.17, 15) is 28.7 Å². The average molecular weight is 650 g/mol. The quantitative estimate of drug-likeness (QED) is 0.220. The fourth-order valence-electron chi connectivity index (χ4n) is 5.40. The number of amides is 3. The van der Waals surface area contributed by atoms with E-state index in [-0.39, 0.29) is 11.5 Å². The predicted molar refractivity (Wildman–Crippen MR) is 176 cm³/mol. The van der Waals surface area contributed by atoms with Gasteiger partial charge in [0, 0.05) is 42.9 Å². The van der Waals surface area contributed by atoms with Gasteiger partial charge in [-0.15, -0.1) is 0 Å². The number of carboxylic acids is 1. The molecule has 4 aromatic rings. The number of methoxy groups -OCH3 is 1. The lowest BCUT2D eigenvalue weighted by atomic mass is 10.0. The van der Waals surface area contributed by atoms with Crippen LogP contribution in [-0.2, 0) is 4.79 Å². The van der Waals surface area contributed by atoms with Gasteiger partial charge in [0.1, 0.15) is 11.6 Å². The molecule has 1 atom stereocenters. The smallest absolute Gasteiger partial charge is 0.305 e. The number of aliphatic carboxylic acids is 1. The van der Waals surface area contributed by atoms with Gasteiger partial charge >= 0.3 is 5.97 Å². The number of ether oxygens (including phenoxy) is 1. The highest BCUT2D eigenvalue weighted by molar-refractivity contribution is 6.07. The second-order valence-electron chi connectivity index (χ2n) is 11.1. The number of nitrogens with one attached hydrogen (secondary N) is 2. The molecule has 1 aliphatic heterocycles. The van der Waals surface area contributed by atoms with Crippen molar-refractivity contribution in [2.45, 2.75) is 12.5 Å². The number of rotatable bonds is 10. The minimum atomic E-state index is -1.15. The van der Waals surface area contributed by atoms with Crippen molar-refractivity contribution in [2.75, 3.05) is 43.5 Å². The number of carboxylic acid groups (broad SMARTS) is 1. The third-order valence-electron chi connectivity index (χ3n) is 7.96. The molecule has 0 aliphatic carbocycles. The van der Waals surface area contributed by atoms with Gasteiger partial charge in [-0.1, -0.05) is 18.2 Å². The summed E-state index contributed by atoms with van der Waals surface area (Å²) in [7, 11) is 1.49. The average Bonchev–Trinajstić information content (AvgIpc) is 3.11. The number of anilines is 2. The molecule has 0 bridgehead atoms. The highest BCUT2D eigenvalue weighted by atomic mass is 19.1. The Balaban J connectivity index is 1.39. The molecule has 1 heterocycles. The highest BCUT2D eigenvalue weighted by Gasteiger charge is 2.26. The Labute approximate surface area is 276 Å². The first-order valence-electron chi connectivity index (χ1n) is 15.1. The Morgan fingerprint density at radius 3 is 2.19 bits per heavy atom. The largest absolute Gasteiger partial charge is 0.497 e. The topological polar surface area (TPSA) is 152 Å². The van der Waals surface area contributed by atoms with Crippen LogP contribution < -0.4 is 20.3 Å². The summed E-state index contributed by atoms with van der Waals surface area (Å²) in [6.45, 7) is 1.64. The van der Waals surface area contributed by atoms with Gasteiger partial charge in [-0.3, -0.25) is 19.2 Å². The van der Waals surface area contributed by atoms with E-state index in [4.69, 9.17) is 10.00 Å². The maximum Gasteiger partial charge on any atom is 0.305 e. The fourth-order valence-corrected chi connectivity index (χ4v) is 5.40. The van der Waals surface area contributed by atoms with Crippen molar-refractivity contribution in [3.05, 3.63) is 125 Å².